The number of benzene rings is 2. The van der Waals surface area contributed by atoms with Gasteiger partial charge in [0.15, 0.2) is 0 Å². The second-order valence-corrected chi connectivity index (χ2v) is 8.33. The Morgan fingerprint density at radius 2 is 1.57 bits per heavy atom. The molecule has 28 heavy (non-hydrogen) atoms. The SMILES string of the molecule is CC1CC(C)CN(C(=O)c2cn(-c3ccc(Cl)cc3)c(=O)c3ccccc23)C1. The van der Waals surface area contributed by atoms with Gasteiger partial charge >= 0.3 is 0 Å². The van der Waals surface area contributed by atoms with Crippen molar-refractivity contribution < 1.29 is 4.79 Å². The van der Waals surface area contributed by atoms with E-state index in [4.69, 9.17) is 11.6 Å². The predicted octanol–water partition coefficient (Wildman–Crippen LogP) is 4.76. The first kappa shape index (κ1) is 18.8. The molecule has 5 heteroatoms. The minimum atomic E-state index is -0.144. The van der Waals surface area contributed by atoms with Crippen LogP contribution in [0.5, 0.6) is 0 Å². The molecule has 1 fully saturated rings. The molecule has 0 N–H and O–H groups in total. The van der Waals surface area contributed by atoms with Gasteiger partial charge in [-0.05, 0) is 48.6 Å². The summed E-state index contributed by atoms with van der Waals surface area (Å²) in [6, 6.07) is 14.4. The molecule has 1 aromatic heterocycles. The molecule has 1 aliphatic heterocycles. The predicted molar refractivity (Wildman–Crippen MR) is 113 cm³/mol. The second-order valence-electron chi connectivity index (χ2n) is 7.90. The van der Waals surface area contributed by atoms with Crippen molar-refractivity contribution in [1.29, 1.82) is 0 Å². The van der Waals surface area contributed by atoms with Gasteiger partial charge in [-0.15, -0.1) is 0 Å². The zero-order valence-electron chi connectivity index (χ0n) is 16.1. The summed E-state index contributed by atoms with van der Waals surface area (Å²) in [7, 11) is 0. The fraction of sp³-hybridized carbons (Fsp3) is 0.304. The Hall–Kier alpha value is -2.59. The number of piperidine rings is 1. The van der Waals surface area contributed by atoms with E-state index in [1.165, 1.54) is 0 Å². The highest BCUT2D eigenvalue weighted by atomic mass is 35.5. The van der Waals surface area contributed by atoms with Crippen LogP contribution in [0.25, 0.3) is 16.5 Å². The lowest BCUT2D eigenvalue weighted by atomic mass is 9.91. The first-order valence-electron chi connectivity index (χ1n) is 9.63. The summed E-state index contributed by atoms with van der Waals surface area (Å²) >= 11 is 6.00. The van der Waals surface area contributed by atoms with Crippen LogP contribution in [0.2, 0.25) is 5.02 Å². The minimum Gasteiger partial charge on any atom is -0.338 e. The van der Waals surface area contributed by atoms with Crippen molar-refractivity contribution in [1.82, 2.24) is 9.47 Å². The lowest BCUT2D eigenvalue weighted by Gasteiger charge is -2.35. The topological polar surface area (TPSA) is 42.3 Å². The number of carbonyl (C=O) groups is 1. The van der Waals surface area contributed by atoms with Crippen LogP contribution in [-0.4, -0.2) is 28.5 Å². The average Bonchev–Trinajstić information content (AvgIpc) is 2.68. The molecule has 1 aliphatic rings. The van der Waals surface area contributed by atoms with Crippen molar-refractivity contribution in [3.05, 3.63) is 75.7 Å². The second kappa shape index (κ2) is 7.44. The number of carbonyl (C=O) groups excluding carboxylic acids is 1. The summed E-state index contributed by atoms with van der Waals surface area (Å²) in [5.74, 6) is 0.930. The van der Waals surface area contributed by atoms with Crippen molar-refractivity contribution in [2.24, 2.45) is 11.8 Å². The zero-order valence-corrected chi connectivity index (χ0v) is 16.8. The maximum atomic E-state index is 13.4. The molecule has 4 rings (SSSR count). The lowest BCUT2D eigenvalue weighted by molar-refractivity contribution is 0.0624. The molecule has 0 saturated carbocycles. The number of nitrogens with zero attached hydrogens (tertiary/aromatic N) is 2. The normalized spacial score (nSPS) is 19.8. The standard InChI is InChI=1S/C23H23ClN2O2/c1-15-11-16(2)13-25(12-15)22(27)21-14-26(18-9-7-17(24)8-10-18)23(28)20-6-4-3-5-19(20)21/h3-10,14-16H,11-13H2,1-2H3. The van der Waals surface area contributed by atoms with Gasteiger partial charge in [0.25, 0.3) is 11.5 Å². The highest BCUT2D eigenvalue weighted by Crippen LogP contribution is 2.25. The molecule has 2 atom stereocenters. The Balaban J connectivity index is 1.88. The molecular weight excluding hydrogens is 372 g/mol. The number of halogens is 1. The summed E-state index contributed by atoms with van der Waals surface area (Å²) in [6.07, 6.45) is 2.81. The van der Waals surface area contributed by atoms with Crippen molar-refractivity contribution >= 4 is 28.3 Å². The Kier molecular flexibility index (Phi) is 4.98. The summed E-state index contributed by atoms with van der Waals surface area (Å²) in [5.41, 5.74) is 1.11. The average molecular weight is 395 g/mol. The van der Waals surface area contributed by atoms with E-state index in [9.17, 15) is 9.59 Å². The van der Waals surface area contributed by atoms with Gasteiger partial charge in [0.05, 0.1) is 5.56 Å². The van der Waals surface area contributed by atoms with Gasteiger partial charge in [-0.3, -0.25) is 14.2 Å². The Morgan fingerprint density at radius 1 is 0.964 bits per heavy atom. The number of aromatic nitrogens is 1. The highest BCUT2D eigenvalue weighted by molar-refractivity contribution is 6.30. The maximum Gasteiger partial charge on any atom is 0.262 e. The van der Waals surface area contributed by atoms with E-state index in [2.05, 4.69) is 13.8 Å². The van der Waals surface area contributed by atoms with Crippen LogP contribution in [0.4, 0.5) is 0 Å². The summed E-state index contributed by atoms with van der Waals surface area (Å²) in [5, 5.41) is 1.85. The monoisotopic (exact) mass is 394 g/mol. The minimum absolute atomic E-state index is 0.0164. The Labute approximate surface area is 169 Å². The van der Waals surface area contributed by atoms with Gasteiger partial charge in [0.1, 0.15) is 0 Å². The molecule has 0 bridgehead atoms. The number of amides is 1. The van der Waals surface area contributed by atoms with E-state index in [0.717, 1.165) is 19.5 Å². The van der Waals surface area contributed by atoms with Gasteiger partial charge < -0.3 is 4.90 Å². The largest absolute Gasteiger partial charge is 0.338 e. The first-order valence-corrected chi connectivity index (χ1v) is 10.0. The van der Waals surface area contributed by atoms with Gasteiger partial charge in [0.2, 0.25) is 0 Å². The molecule has 3 aromatic rings. The van der Waals surface area contributed by atoms with Crippen molar-refractivity contribution in [3.63, 3.8) is 0 Å². The molecule has 0 aliphatic carbocycles. The molecule has 2 aromatic carbocycles. The molecule has 2 unspecified atom stereocenters. The molecule has 1 saturated heterocycles. The fourth-order valence-corrected chi connectivity index (χ4v) is 4.38. The molecule has 0 spiro atoms. The number of rotatable bonds is 2. The van der Waals surface area contributed by atoms with Gasteiger partial charge in [-0.2, -0.15) is 0 Å². The maximum absolute atomic E-state index is 13.4. The van der Waals surface area contributed by atoms with Crippen molar-refractivity contribution in [3.8, 4) is 5.69 Å². The van der Waals surface area contributed by atoms with E-state index >= 15 is 0 Å². The number of likely N-dealkylation sites (tertiary alicyclic amines) is 1. The molecule has 2 heterocycles. The fourth-order valence-electron chi connectivity index (χ4n) is 4.25. The molecule has 144 valence electrons. The Bertz CT molecular complexity index is 1080. The van der Waals surface area contributed by atoms with E-state index in [-0.39, 0.29) is 11.5 Å². The summed E-state index contributed by atoms with van der Waals surface area (Å²) in [6.45, 7) is 5.86. The van der Waals surface area contributed by atoms with Crippen LogP contribution in [0.15, 0.2) is 59.5 Å². The van der Waals surface area contributed by atoms with Gasteiger partial charge in [-0.1, -0.05) is 43.6 Å². The zero-order chi connectivity index (χ0) is 19.8. The molecule has 0 radical (unpaired) electrons. The molecule has 1 amide bonds. The van der Waals surface area contributed by atoms with Crippen molar-refractivity contribution in [2.75, 3.05) is 13.1 Å². The highest BCUT2D eigenvalue weighted by Gasteiger charge is 2.27. The third-order valence-corrected chi connectivity index (χ3v) is 5.67. The van der Waals surface area contributed by atoms with Gasteiger partial charge in [0, 0.05) is 40.8 Å². The summed E-state index contributed by atoms with van der Waals surface area (Å²) in [4.78, 5) is 28.4. The lowest BCUT2D eigenvalue weighted by Crippen LogP contribution is -2.43. The van der Waals surface area contributed by atoms with Crippen LogP contribution < -0.4 is 5.56 Å². The Morgan fingerprint density at radius 3 is 2.21 bits per heavy atom. The van der Waals surface area contributed by atoms with Crippen LogP contribution in [0.3, 0.4) is 0 Å². The van der Waals surface area contributed by atoms with E-state index in [0.29, 0.717) is 38.9 Å². The van der Waals surface area contributed by atoms with Crippen LogP contribution in [0.1, 0.15) is 30.6 Å². The summed E-state index contributed by atoms with van der Waals surface area (Å²) < 4.78 is 1.54. The van der Waals surface area contributed by atoms with E-state index < -0.39 is 0 Å². The molecule has 4 nitrogen and oxygen atoms in total. The smallest absolute Gasteiger partial charge is 0.262 e. The van der Waals surface area contributed by atoms with Crippen LogP contribution in [-0.2, 0) is 0 Å². The number of fused-ring (bicyclic) bond motifs is 1. The number of pyridine rings is 1. The van der Waals surface area contributed by atoms with Crippen LogP contribution in [0, 0.1) is 11.8 Å². The quantitative estimate of drug-likeness (QED) is 0.628. The third kappa shape index (κ3) is 3.45. The van der Waals surface area contributed by atoms with E-state index in [1.807, 2.05) is 23.1 Å². The third-order valence-electron chi connectivity index (χ3n) is 5.42. The number of hydrogen-bond donors (Lipinski definition) is 0. The van der Waals surface area contributed by atoms with Crippen LogP contribution >= 0.6 is 11.6 Å². The first-order chi connectivity index (χ1) is 13.4. The van der Waals surface area contributed by atoms with E-state index in [1.54, 1.807) is 41.1 Å². The number of hydrogen-bond acceptors (Lipinski definition) is 2. The van der Waals surface area contributed by atoms with Gasteiger partial charge in [-0.25, -0.2) is 0 Å². The molecular formula is C23H23ClN2O2. The van der Waals surface area contributed by atoms with Crippen molar-refractivity contribution in [2.45, 2.75) is 20.3 Å².